The van der Waals surface area contributed by atoms with Crippen LogP contribution in [0.5, 0.6) is 5.75 Å². The van der Waals surface area contributed by atoms with Gasteiger partial charge in [-0.2, -0.15) is 0 Å². The molecule has 1 N–H and O–H groups in total. The van der Waals surface area contributed by atoms with Gasteiger partial charge in [-0.15, -0.1) is 0 Å². The number of amides is 2. The summed E-state index contributed by atoms with van der Waals surface area (Å²) < 4.78 is 7.19. The average molecular weight is 455 g/mol. The SMILES string of the molecule is COc1ccc(N2C[C@@H](C(=O)Nc3cc(-c4cn5cccc(C)c5n4)ccc3C)CC2=O)cc1. The number of hydrogen-bond donors (Lipinski definition) is 1. The monoisotopic (exact) mass is 454 g/mol. The van der Waals surface area contributed by atoms with Crippen molar-refractivity contribution in [3.8, 4) is 17.0 Å². The summed E-state index contributed by atoms with van der Waals surface area (Å²) >= 11 is 0. The Hall–Kier alpha value is -4.13. The molecule has 0 radical (unpaired) electrons. The van der Waals surface area contributed by atoms with Crippen molar-refractivity contribution in [3.05, 3.63) is 78.1 Å². The van der Waals surface area contributed by atoms with Crippen molar-refractivity contribution in [1.82, 2.24) is 9.38 Å². The van der Waals surface area contributed by atoms with Gasteiger partial charge < -0.3 is 19.4 Å². The van der Waals surface area contributed by atoms with Gasteiger partial charge in [0.15, 0.2) is 0 Å². The first-order valence-corrected chi connectivity index (χ1v) is 11.2. The minimum atomic E-state index is -0.421. The van der Waals surface area contributed by atoms with Crippen molar-refractivity contribution < 1.29 is 14.3 Å². The van der Waals surface area contributed by atoms with Gasteiger partial charge in [-0.1, -0.05) is 18.2 Å². The minimum absolute atomic E-state index is 0.0594. The molecule has 0 saturated carbocycles. The van der Waals surface area contributed by atoms with E-state index in [0.29, 0.717) is 6.54 Å². The molecule has 172 valence electrons. The van der Waals surface area contributed by atoms with E-state index in [0.717, 1.165) is 45.2 Å². The van der Waals surface area contributed by atoms with Gasteiger partial charge in [0, 0.05) is 42.3 Å². The molecule has 0 aliphatic carbocycles. The summed E-state index contributed by atoms with van der Waals surface area (Å²) in [7, 11) is 1.60. The Kier molecular flexibility index (Phi) is 5.53. The molecule has 4 aromatic rings. The number of imidazole rings is 1. The molecule has 7 heteroatoms. The maximum atomic E-state index is 13.1. The van der Waals surface area contributed by atoms with Crippen LogP contribution in [0, 0.1) is 19.8 Å². The molecule has 0 spiro atoms. The van der Waals surface area contributed by atoms with Crippen LogP contribution < -0.4 is 15.0 Å². The first-order valence-electron chi connectivity index (χ1n) is 11.2. The zero-order valence-corrected chi connectivity index (χ0v) is 19.4. The fraction of sp³-hybridized carbons (Fsp3) is 0.222. The van der Waals surface area contributed by atoms with E-state index in [9.17, 15) is 9.59 Å². The van der Waals surface area contributed by atoms with E-state index < -0.39 is 5.92 Å². The number of nitrogens with one attached hydrogen (secondary N) is 1. The van der Waals surface area contributed by atoms with E-state index in [4.69, 9.17) is 9.72 Å². The number of hydrogen-bond acceptors (Lipinski definition) is 4. The molecule has 3 heterocycles. The molecule has 1 saturated heterocycles. The third-order valence-electron chi connectivity index (χ3n) is 6.35. The van der Waals surface area contributed by atoms with Gasteiger partial charge in [0.1, 0.15) is 11.4 Å². The van der Waals surface area contributed by atoms with E-state index in [1.165, 1.54) is 0 Å². The number of aromatic nitrogens is 2. The normalized spacial score (nSPS) is 15.7. The Morgan fingerprint density at radius 2 is 1.88 bits per heavy atom. The summed E-state index contributed by atoms with van der Waals surface area (Å²) in [5, 5.41) is 3.05. The van der Waals surface area contributed by atoms with Crippen molar-refractivity contribution >= 4 is 28.8 Å². The quantitative estimate of drug-likeness (QED) is 0.478. The van der Waals surface area contributed by atoms with E-state index in [1.54, 1.807) is 12.0 Å². The van der Waals surface area contributed by atoms with Crippen LogP contribution in [0.1, 0.15) is 17.5 Å². The molecule has 34 heavy (non-hydrogen) atoms. The third-order valence-corrected chi connectivity index (χ3v) is 6.35. The number of fused-ring (bicyclic) bond motifs is 1. The molecule has 1 aliphatic rings. The topological polar surface area (TPSA) is 75.9 Å². The van der Waals surface area contributed by atoms with Gasteiger partial charge in [-0.25, -0.2) is 4.98 Å². The number of benzene rings is 2. The third kappa shape index (κ3) is 4.01. The van der Waals surface area contributed by atoms with Gasteiger partial charge in [-0.05, 0) is 61.4 Å². The van der Waals surface area contributed by atoms with E-state index in [1.807, 2.05) is 85.2 Å². The van der Waals surface area contributed by atoms with E-state index in [2.05, 4.69) is 5.32 Å². The predicted octanol–water partition coefficient (Wildman–Crippen LogP) is 4.62. The number of methoxy groups -OCH3 is 1. The Morgan fingerprint density at radius 3 is 2.62 bits per heavy atom. The first kappa shape index (κ1) is 21.7. The average Bonchev–Trinajstić information content (AvgIpc) is 3.45. The van der Waals surface area contributed by atoms with Crippen LogP contribution in [0.2, 0.25) is 0 Å². The highest BCUT2D eigenvalue weighted by atomic mass is 16.5. The second-order valence-corrected chi connectivity index (χ2v) is 8.67. The van der Waals surface area contributed by atoms with Crippen LogP contribution in [0.15, 0.2) is 67.0 Å². The number of nitrogens with zero attached hydrogens (tertiary/aromatic N) is 3. The fourth-order valence-electron chi connectivity index (χ4n) is 4.34. The lowest BCUT2D eigenvalue weighted by Crippen LogP contribution is -2.28. The summed E-state index contributed by atoms with van der Waals surface area (Å²) in [6.07, 6.45) is 4.14. The maximum Gasteiger partial charge on any atom is 0.229 e. The molecule has 7 nitrogen and oxygen atoms in total. The van der Waals surface area contributed by atoms with E-state index >= 15 is 0 Å². The Labute approximate surface area is 198 Å². The lowest BCUT2D eigenvalue weighted by atomic mass is 10.1. The van der Waals surface area contributed by atoms with Crippen molar-refractivity contribution in [2.24, 2.45) is 5.92 Å². The number of pyridine rings is 1. The number of aryl methyl sites for hydroxylation is 2. The summed E-state index contributed by atoms with van der Waals surface area (Å²) in [5.74, 6) is 0.0858. The minimum Gasteiger partial charge on any atom is -0.497 e. The van der Waals surface area contributed by atoms with Gasteiger partial charge in [-0.3, -0.25) is 9.59 Å². The molecule has 1 atom stereocenters. The van der Waals surface area contributed by atoms with E-state index in [-0.39, 0.29) is 18.2 Å². The van der Waals surface area contributed by atoms with Crippen LogP contribution in [0.25, 0.3) is 16.9 Å². The molecular weight excluding hydrogens is 428 g/mol. The standard InChI is InChI=1S/C27H26N4O3/c1-17-6-7-19(24-16-30-12-4-5-18(2)26(30)28-24)13-23(17)29-27(33)20-14-25(32)31(15-20)21-8-10-22(34-3)11-9-21/h4-13,16,20H,14-15H2,1-3H3,(H,29,33)/t20-/m0/s1. The summed E-state index contributed by atoms with van der Waals surface area (Å²) in [4.78, 5) is 32.1. The molecule has 2 aromatic heterocycles. The van der Waals surface area contributed by atoms with Gasteiger partial charge in [0.05, 0.1) is 18.7 Å². The lowest BCUT2D eigenvalue weighted by molar-refractivity contribution is -0.122. The molecule has 5 rings (SSSR count). The van der Waals surface area contributed by atoms with Crippen LogP contribution in [-0.2, 0) is 9.59 Å². The number of carbonyl (C=O) groups is 2. The number of rotatable bonds is 5. The predicted molar refractivity (Wildman–Crippen MR) is 132 cm³/mol. The van der Waals surface area contributed by atoms with Crippen LogP contribution >= 0.6 is 0 Å². The molecule has 1 aliphatic heterocycles. The molecule has 2 amide bonds. The highest BCUT2D eigenvalue weighted by molar-refractivity contribution is 6.04. The molecular formula is C27H26N4O3. The summed E-state index contributed by atoms with van der Waals surface area (Å²) in [5.41, 5.74) is 6.22. The van der Waals surface area contributed by atoms with Crippen LogP contribution in [0.4, 0.5) is 11.4 Å². The van der Waals surface area contributed by atoms with Crippen molar-refractivity contribution in [2.45, 2.75) is 20.3 Å². The van der Waals surface area contributed by atoms with Crippen molar-refractivity contribution in [1.29, 1.82) is 0 Å². The second-order valence-electron chi connectivity index (χ2n) is 8.67. The number of carbonyl (C=O) groups excluding carboxylic acids is 2. The molecule has 0 bridgehead atoms. The van der Waals surface area contributed by atoms with Crippen molar-refractivity contribution in [2.75, 3.05) is 23.9 Å². The van der Waals surface area contributed by atoms with Crippen LogP contribution in [0.3, 0.4) is 0 Å². The summed E-state index contributed by atoms with van der Waals surface area (Å²) in [6, 6.07) is 17.2. The highest BCUT2D eigenvalue weighted by Crippen LogP contribution is 2.30. The largest absolute Gasteiger partial charge is 0.497 e. The van der Waals surface area contributed by atoms with Crippen molar-refractivity contribution in [3.63, 3.8) is 0 Å². The molecule has 1 fully saturated rings. The lowest BCUT2D eigenvalue weighted by Gasteiger charge is -2.17. The van der Waals surface area contributed by atoms with Gasteiger partial charge in [0.25, 0.3) is 0 Å². The van der Waals surface area contributed by atoms with Gasteiger partial charge in [0.2, 0.25) is 11.8 Å². The Balaban J connectivity index is 1.34. The number of anilines is 2. The zero-order valence-electron chi connectivity index (χ0n) is 19.4. The summed E-state index contributed by atoms with van der Waals surface area (Å²) in [6.45, 7) is 4.34. The maximum absolute atomic E-state index is 13.1. The Morgan fingerprint density at radius 1 is 1.09 bits per heavy atom. The molecule has 2 aromatic carbocycles. The number of ether oxygens (including phenoxy) is 1. The fourth-order valence-corrected chi connectivity index (χ4v) is 4.34. The second kappa shape index (κ2) is 8.67. The van der Waals surface area contributed by atoms with Gasteiger partial charge >= 0.3 is 0 Å². The molecule has 0 unspecified atom stereocenters. The van der Waals surface area contributed by atoms with Crippen LogP contribution in [-0.4, -0.2) is 34.9 Å². The smallest absolute Gasteiger partial charge is 0.229 e. The highest BCUT2D eigenvalue weighted by Gasteiger charge is 2.35. The zero-order chi connectivity index (χ0) is 23.8. The Bertz CT molecular complexity index is 1390. The first-order chi connectivity index (χ1) is 16.4.